The third-order valence-corrected chi connectivity index (χ3v) is 6.44. The highest BCUT2D eigenvalue weighted by atomic mass is 35.5. The summed E-state index contributed by atoms with van der Waals surface area (Å²) in [5.41, 5.74) is 1.08. The van der Waals surface area contributed by atoms with Gasteiger partial charge in [-0.3, -0.25) is 4.79 Å². The molecule has 0 heterocycles. The van der Waals surface area contributed by atoms with Gasteiger partial charge in [0.2, 0.25) is 0 Å². The molecular weight excluding hydrogens is 457 g/mol. The molecule has 0 aliphatic heterocycles. The number of nitrogens with one attached hydrogen (secondary N) is 1. The average Bonchev–Trinajstić information content (AvgIpc) is 2.77. The van der Waals surface area contributed by atoms with Crippen molar-refractivity contribution in [1.29, 1.82) is 0 Å². The first-order chi connectivity index (χ1) is 14.8. The Balaban J connectivity index is 1.79. The highest BCUT2D eigenvalue weighted by molar-refractivity contribution is 7.99. The minimum absolute atomic E-state index is 0.120. The number of hydrogen-bond acceptors (Lipinski definition) is 4. The van der Waals surface area contributed by atoms with Crippen LogP contribution in [0.25, 0.3) is 5.57 Å². The van der Waals surface area contributed by atoms with Gasteiger partial charge in [-0.15, -0.1) is 0 Å². The Labute approximate surface area is 193 Å². The Bertz CT molecular complexity index is 1160. The summed E-state index contributed by atoms with van der Waals surface area (Å²) in [6, 6.07) is 16.8. The first-order valence-corrected chi connectivity index (χ1v) is 10.5. The Morgan fingerprint density at radius 1 is 0.968 bits per heavy atom. The van der Waals surface area contributed by atoms with Gasteiger partial charge in [0.25, 0.3) is 5.91 Å². The smallest absolute Gasteiger partial charge is 0.335 e. The molecule has 0 saturated heterocycles. The number of ether oxygens (including phenoxy) is 1. The molecule has 0 saturated carbocycles. The molecule has 158 valence electrons. The van der Waals surface area contributed by atoms with E-state index in [1.165, 1.54) is 36.0 Å². The van der Waals surface area contributed by atoms with E-state index in [9.17, 15) is 9.59 Å². The van der Waals surface area contributed by atoms with Gasteiger partial charge in [0, 0.05) is 21.7 Å². The third-order valence-electron chi connectivity index (χ3n) is 4.32. The number of halogens is 2. The van der Waals surface area contributed by atoms with E-state index in [4.69, 9.17) is 33.0 Å². The zero-order chi connectivity index (χ0) is 22.5. The van der Waals surface area contributed by atoms with Crippen LogP contribution in [0.3, 0.4) is 0 Å². The summed E-state index contributed by atoms with van der Waals surface area (Å²) in [6.45, 7) is 3.83. The van der Waals surface area contributed by atoms with Gasteiger partial charge >= 0.3 is 5.97 Å². The molecule has 0 bridgehead atoms. The van der Waals surface area contributed by atoms with Crippen LogP contribution < -0.4 is 10.1 Å². The van der Waals surface area contributed by atoms with Crippen molar-refractivity contribution in [2.75, 3.05) is 12.4 Å². The lowest BCUT2D eigenvalue weighted by Gasteiger charge is -2.14. The molecule has 3 rings (SSSR count). The number of carbonyl (C=O) groups is 2. The number of benzene rings is 3. The molecule has 0 spiro atoms. The van der Waals surface area contributed by atoms with Gasteiger partial charge in [0.1, 0.15) is 5.75 Å². The lowest BCUT2D eigenvalue weighted by atomic mass is 10.1. The zero-order valence-electron chi connectivity index (χ0n) is 16.3. The second kappa shape index (κ2) is 9.92. The van der Waals surface area contributed by atoms with Gasteiger partial charge in [0.05, 0.1) is 27.6 Å². The van der Waals surface area contributed by atoms with Crippen LogP contribution in [-0.4, -0.2) is 24.1 Å². The van der Waals surface area contributed by atoms with Gasteiger partial charge in [0.15, 0.2) is 0 Å². The Morgan fingerprint density at radius 2 is 1.65 bits per heavy atom. The topological polar surface area (TPSA) is 75.6 Å². The highest BCUT2D eigenvalue weighted by Crippen LogP contribution is 2.42. The Kier molecular flexibility index (Phi) is 7.28. The molecule has 3 aromatic carbocycles. The maximum absolute atomic E-state index is 12.6. The standard InChI is InChI=1S/C23H17Cl2NO4S/c1-13(22(27)26-15-9-7-14(8-10-15)23(28)29)16-11-12-19(21(25)20(16)24)31-18-6-4-3-5-17(18)30-2/h3-12H,1H2,2H3,(H,26,27)(H,28,29). The molecular formula is C23H17Cl2NO4S. The number of rotatable bonds is 7. The number of anilines is 1. The molecule has 0 fully saturated rings. The van der Waals surface area contributed by atoms with Crippen LogP contribution in [0.1, 0.15) is 15.9 Å². The summed E-state index contributed by atoms with van der Waals surface area (Å²) in [5.74, 6) is -0.817. The van der Waals surface area contributed by atoms with Crippen molar-refractivity contribution in [2.45, 2.75) is 9.79 Å². The summed E-state index contributed by atoms with van der Waals surface area (Å²) >= 11 is 14.3. The fraction of sp³-hybridized carbons (Fsp3) is 0.0435. The van der Waals surface area contributed by atoms with E-state index >= 15 is 0 Å². The summed E-state index contributed by atoms with van der Waals surface area (Å²) in [4.78, 5) is 25.1. The number of carbonyl (C=O) groups excluding carboxylic acids is 1. The molecule has 0 aliphatic carbocycles. The lowest BCUT2D eigenvalue weighted by Crippen LogP contribution is -2.13. The normalized spacial score (nSPS) is 10.4. The van der Waals surface area contributed by atoms with Crippen LogP contribution in [0.4, 0.5) is 5.69 Å². The molecule has 0 aliphatic rings. The largest absolute Gasteiger partial charge is 0.496 e. The minimum Gasteiger partial charge on any atom is -0.496 e. The molecule has 0 radical (unpaired) electrons. The van der Waals surface area contributed by atoms with E-state index in [-0.39, 0.29) is 16.2 Å². The number of carboxylic acids is 1. The number of para-hydroxylation sites is 1. The van der Waals surface area contributed by atoms with E-state index in [1.54, 1.807) is 19.2 Å². The Hall–Kier alpha value is -2.93. The molecule has 0 aromatic heterocycles. The van der Waals surface area contributed by atoms with Crippen molar-refractivity contribution < 1.29 is 19.4 Å². The van der Waals surface area contributed by atoms with Crippen molar-refractivity contribution in [2.24, 2.45) is 0 Å². The molecule has 5 nitrogen and oxygen atoms in total. The number of hydrogen-bond donors (Lipinski definition) is 2. The van der Waals surface area contributed by atoms with Gasteiger partial charge in [-0.25, -0.2) is 4.79 Å². The summed E-state index contributed by atoms with van der Waals surface area (Å²) in [5, 5.41) is 12.1. The summed E-state index contributed by atoms with van der Waals surface area (Å²) in [6.07, 6.45) is 0. The predicted molar refractivity (Wildman–Crippen MR) is 125 cm³/mol. The molecule has 2 N–H and O–H groups in total. The van der Waals surface area contributed by atoms with Crippen LogP contribution in [0.2, 0.25) is 10.0 Å². The second-order valence-corrected chi connectivity index (χ2v) is 8.15. The molecule has 0 unspecified atom stereocenters. The Morgan fingerprint density at radius 3 is 2.29 bits per heavy atom. The first kappa shape index (κ1) is 22.7. The van der Waals surface area contributed by atoms with Gasteiger partial charge in [-0.05, 0) is 42.5 Å². The molecule has 31 heavy (non-hydrogen) atoms. The predicted octanol–water partition coefficient (Wildman–Crippen LogP) is 6.50. The van der Waals surface area contributed by atoms with Crippen molar-refractivity contribution in [3.8, 4) is 5.75 Å². The summed E-state index contributed by atoms with van der Waals surface area (Å²) < 4.78 is 5.36. The van der Waals surface area contributed by atoms with Gasteiger partial charge < -0.3 is 15.2 Å². The number of methoxy groups -OCH3 is 1. The van der Waals surface area contributed by atoms with Crippen molar-refractivity contribution >= 4 is 58.1 Å². The van der Waals surface area contributed by atoms with E-state index in [0.29, 0.717) is 26.9 Å². The molecule has 1 amide bonds. The fourth-order valence-corrected chi connectivity index (χ4v) is 4.27. The van der Waals surface area contributed by atoms with E-state index in [0.717, 1.165) is 4.90 Å². The minimum atomic E-state index is -1.05. The van der Waals surface area contributed by atoms with Crippen molar-refractivity contribution in [3.05, 3.63) is 88.4 Å². The maximum Gasteiger partial charge on any atom is 0.335 e. The summed E-state index contributed by atoms with van der Waals surface area (Å²) in [7, 11) is 1.59. The lowest BCUT2D eigenvalue weighted by molar-refractivity contribution is -0.111. The van der Waals surface area contributed by atoms with Gasteiger partial charge in [-0.1, -0.05) is 59.7 Å². The average molecular weight is 474 g/mol. The maximum atomic E-state index is 12.6. The first-order valence-electron chi connectivity index (χ1n) is 8.94. The van der Waals surface area contributed by atoms with Crippen LogP contribution in [0.5, 0.6) is 5.75 Å². The highest BCUT2D eigenvalue weighted by Gasteiger charge is 2.18. The third kappa shape index (κ3) is 5.22. The van der Waals surface area contributed by atoms with E-state index in [1.807, 2.05) is 24.3 Å². The number of amides is 1. The van der Waals surface area contributed by atoms with Crippen molar-refractivity contribution in [1.82, 2.24) is 0 Å². The number of carboxylic acid groups (broad SMARTS) is 1. The van der Waals surface area contributed by atoms with E-state index in [2.05, 4.69) is 11.9 Å². The van der Waals surface area contributed by atoms with E-state index < -0.39 is 11.9 Å². The molecule has 3 aromatic rings. The quantitative estimate of drug-likeness (QED) is 0.382. The second-order valence-electron chi connectivity index (χ2n) is 6.31. The van der Waals surface area contributed by atoms with Gasteiger partial charge in [-0.2, -0.15) is 0 Å². The van der Waals surface area contributed by atoms with Crippen LogP contribution in [-0.2, 0) is 4.79 Å². The van der Waals surface area contributed by atoms with Crippen LogP contribution >= 0.6 is 35.0 Å². The molecule has 0 atom stereocenters. The fourth-order valence-electron chi connectivity index (χ4n) is 2.69. The SMILES string of the molecule is C=C(C(=O)Nc1ccc(C(=O)O)cc1)c1ccc(Sc2ccccc2OC)c(Cl)c1Cl. The van der Waals surface area contributed by atoms with Crippen LogP contribution in [0, 0.1) is 0 Å². The zero-order valence-corrected chi connectivity index (χ0v) is 18.6. The monoisotopic (exact) mass is 473 g/mol. The number of aromatic carboxylic acids is 1. The van der Waals surface area contributed by atoms with Crippen molar-refractivity contribution in [3.63, 3.8) is 0 Å². The molecule has 8 heteroatoms. The van der Waals surface area contributed by atoms with Crippen LogP contribution in [0.15, 0.2) is 77.0 Å².